The van der Waals surface area contributed by atoms with Crippen molar-refractivity contribution in [2.45, 2.75) is 20.3 Å². The molecular formula is C8H10F2N2. The Morgan fingerprint density at radius 3 is 2.42 bits per heavy atom. The van der Waals surface area contributed by atoms with Crippen molar-refractivity contribution in [3.63, 3.8) is 0 Å². The molecule has 0 radical (unpaired) electrons. The topological polar surface area (TPSA) is 38.9 Å². The van der Waals surface area contributed by atoms with Crippen molar-refractivity contribution in [1.29, 1.82) is 0 Å². The number of nitrogen functional groups attached to an aromatic ring is 1. The molecule has 0 saturated carbocycles. The summed E-state index contributed by atoms with van der Waals surface area (Å²) in [5.74, 6) is -0.0671. The molecule has 0 spiro atoms. The zero-order chi connectivity index (χ0) is 9.30. The molecule has 0 unspecified atom stereocenters. The van der Waals surface area contributed by atoms with Gasteiger partial charge >= 0.3 is 0 Å². The van der Waals surface area contributed by atoms with E-state index in [4.69, 9.17) is 5.73 Å². The number of nitrogens with zero attached hydrogens (tertiary/aromatic N) is 1. The largest absolute Gasteiger partial charge is 0.383 e. The molecule has 0 aliphatic heterocycles. The molecule has 0 aromatic carbocycles. The number of aromatic nitrogens is 1. The van der Waals surface area contributed by atoms with E-state index in [1.54, 1.807) is 19.9 Å². The lowest BCUT2D eigenvalue weighted by molar-refractivity contribution is 0.151. The van der Waals surface area contributed by atoms with Crippen LogP contribution in [0.25, 0.3) is 0 Å². The minimum absolute atomic E-state index is 0.0671. The third-order valence-corrected chi connectivity index (χ3v) is 1.64. The van der Waals surface area contributed by atoms with E-state index < -0.39 is 6.43 Å². The number of pyridine rings is 1. The van der Waals surface area contributed by atoms with Crippen molar-refractivity contribution in [3.8, 4) is 0 Å². The van der Waals surface area contributed by atoms with Gasteiger partial charge in [0, 0.05) is 5.69 Å². The molecule has 2 nitrogen and oxygen atoms in total. The fourth-order valence-corrected chi connectivity index (χ4v) is 1.16. The fourth-order valence-electron chi connectivity index (χ4n) is 1.16. The molecule has 0 atom stereocenters. The fraction of sp³-hybridized carbons (Fsp3) is 0.375. The van der Waals surface area contributed by atoms with E-state index in [-0.39, 0.29) is 11.4 Å². The first-order chi connectivity index (χ1) is 5.52. The van der Waals surface area contributed by atoms with Crippen LogP contribution in [-0.2, 0) is 0 Å². The second-order valence-electron chi connectivity index (χ2n) is 2.68. The highest BCUT2D eigenvalue weighted by atomic mass is 19.3. The van der Waals surface area contributed by atoms with Gasteiger partial charge in [0.05, 0.1) is 5.56 Å². The molecule has 4 heteroatoms. The summed E-state index contributed by atoms with van der Waals surface area (Å²) in [4.78, 5) is 3.75. The highest BCUT2D eigenvalue weighted by molar-refractivity contribution is 5.46. The number of nitrogens with two attached hydrogens (primary N) is 1. The number of aryl methyl sites for hydroxylation is 2. The molecule has 0 saturated heterocycles. The lowest BCUT2D eigenvalue weighted by atomic mass is 10.1. The average molecular weight is 172 g/mol. The van der Waals surface area contributed by atoms with Crippen molar-refractivity contribution in [2.24, 2.45) is 0 Å². The van der Waals surface area contributed by atoms with Crippen LogP contribution in [0.5, 0.6) is 0 Å². The summed E-state index contributed by atoms with van der Waals surface area (Å²) >= 11 is 0. The number of rotatable bonds is 1. The number of halogens is 2. The second kappa shape index (κ2) is 3.05. The third kappa shape index (κ3) is 1.52. The first kappa shape index (κ1) is 8.90. The molecule has 2 N–H and O–H groups in total. The summed E-state index contributed by atoms with van der Waals surface area (Å²) in [7, 11) is 0. The van der Waals surface area contributed by atoms with E-state index in [0.717, 1.165) is 0 Å². The van der Waals surface area contributed by atoms with Crippen LogP contribution in [0.1, 0.15) is 23.2 Å². The van der Waals surface area contributed by atoms with Gasteiger partial charge in [0.2, 0.25) is 0 Å². The normalized spacial score (nSPS) is 10.8. The summed E-state index contributed by atoms with van der Waals surface area (Å²) < 4.78 is 24.6. The van der Waals surface area contributed by atoms with Crippen molar-refractivity contribution < 1.29 is 8.78 Å². The molecule has 0 bridgehead atoms. The minimum Gasteiger partial charge on any atom is -0.383 e. The van der Waals surface area contributed by atoms with Crippen molar-refractivity contribution in [2.75, 3.05) is 5.73 Å². The van der Waals surface area contributed by atoms with Crippen LogP contribution in [-0.4, -0.2) is 4.98 Å². The maximum absolute atomic E-state index is 12.3. The molecule has 66 valence electrons. The Labute approximate surface area is 69.4 Å². The zero-order valence-corrected chi connectivity index (χ0v) is 6.94. The van der Waals surface area contributed by atoms with Gasteiger partial charge in [0.1, 0.15) is 5.82 Å². The van der Waals surface area contributed by atoms with Gasteiger partial charge in [-0.25, -0.2) is 13.8 Å². The predicted molar refractivity (Wildman–Crippen MR) is 43.1 cm³/mol. The van der Waals surface area contributed by atoms with Gasteiger partial charge in [-0.3, -0.25) is 0 Å². The quantitative estimate of drug-likeness (QED) is 0.705. The van der Waals surface area contributed by atoms with E-state index in [0.29, 0.717) is 11.3 Å². The maximum Gasteiger partial charge on any atom is 0.267 e. The van der Waals surface area contributed by atoms with Crippen LogP contribution in [0.3, 0.4) is 0 Å². The summed E-state index contributed by atoms with van der Waals surface area (Å²) in [5.41, 5.74) is 6.34. The molecule has 1 aromatic heterocycles. The van der Waals surface area contributed by atoms with Gasteiger partial charge in [0.25, 0.3) is 6.43 Å². The smallest absolute Gasteiger partial charge is 0.267 e. The first-order valence-corrected chi connectivity index (χ1v) is 3.54. The lowest BCUT2D eigenvalue weighted by Gasteiger charge is -2.07. The predicted octanol–water partition coefficient (Wildman–Crippen LogP) is 2.22. The standard InChI is InChI=1S/C8H10F2N2/c1-4-3-5(2)12-8(11)6(4)7(9)10/h3,7H,1-2H3,(H2,11,12). The maximum atomic E-state index is 12.3. The molecule has 0 fully saturated rings. The molecule has 0 aliphatic carbocycles. The van der Waals surface area contributed by atoms with Gasteiger partial charge in [0.15, 0.2) is 0 Å². The van der Waals surface area contributed by atoms with Crippen LogP contribution < -0.4 is 5.73 Å². The van der Waals surface area contributed by atoms with Gasteiger partial charge in [-0.2, -0.15) is 0 Å². The molecule has 1 aromatic rings. The average Bonchev–Trinajstić information content (AvgIpc) is 1.82. The van der Waals surface area contributed by atoms with Gasteiger partial charge < -0.3 is 5.73 Å². The monoisotopic (exact) mass is 172 g/mol. The van der Waals surface area contributed by atoms with Crippen LogP contribution in [0.15, 0.2) is 6.07 Å². The Kier molecular flexibility index (Phi) is 2.26. The number of alkyl halides is 2. The van der Waals surface area contributed by atoms with E-state index in [2.05, 4.69) is 4.98 Å². The summed E-state index contributed by atoms with van der Waals surface area (Å²) in [6.07, 6.45) is -2.54. The number of anilines is 1. The second-order valence-corrected chi connectivity index (χ2v) is 2.68. The van der Waals surface area contributed by atoms with Crippen molar-refractivity contribution >= 4 is 5.82 Å². The van der Waals surface area contributed by atoms with Crippen molar-refractivity contribution in [3.05, 3.63) is 22.9 Å². The van der Waals surface area contributed by atoms with E-state index in [1.165, 1.54) is 0 Å². The van der Waals surface area contributed by atoms with Gasteiger partial charge in [-0.05, 0) is 25.5 Å². The highest BCUT2D eigenvalue weighted by Gasteiger charge is 2.15. The molecule has 1 heterocycles. The summed E-state index contributed by atoms with van der Waals surface area (Å²) in [5, 5.41) is 0. The number of hydrogen-bond acceptors (Lipinski definition) is 2. The third-order valence-electron chi connectivity index (χ3n) is 1.64. The van der Waals surface area contributed by atoms with Crippen LogP contribution >= 0.6 is 0 Å². The van der Waals surface area contributed by atoms with E-state index >= 15 is 0 Å². The molecule has 0 aliphatic rings. The summed E-state index contributed by atoms with van der Waals surface area (Å²) in [6.45, 7) is 3.32. The molecule has 1 rings (SSSR count). The molecule has 0 amide bonds. The van der Waals surface area contributed by atoms with E-state index in [9.17, 15) is 8.78 Å². The SMILES string of the molecule is Cc1cc(C)c(C(F)F)c(N)n1. The Morgan fingerprint density at radius 1 is 1.42 bits per heavy atom. The Hall–Kier alpha value is -1.19. The highest BCUT2D eigenvalue weighted by Crippen LogP contribution is 2.27. The van der Waals surface area contributed by atoms with Crippen LogP contribution in [0, 0.1) is 13.8 Å². The minimum atomic E-state index is -2.54. The Balaban J connectivity index is 3.28. The Morgan fingerprint density at radius 2 is 2.00 bits per heavy atom. The lowest BCUT2D eigenvalue weighted by Crippen LogP contribution is -2.02. The van der Waals surface area contributed by atoms with Gasteiger partial charge in [-0.1, -0.05) is 0 Å². The molecular weight excluding hydrogens is 162 g/mol. The van der Waals surface area contributed by atoms with E-state index in [1.807, 2.05) is 0 Å². The number of hydrogen-bond donors (Lipinski definition) is 1. The first-order valence-electron chi connectivity index (χ1n) is 3.54. The Bertz CT molecular complexity index is 274. The van der Waals surface area contributed by atoms with Crippen LogP contribution in [0.4, 0.5) is 14.6 Å². The van der Waals surface area contributed by atoms with Gasteiger partial charge in [-0.15, -0.1) is 0 Å². The zero-order valence-electron chi connectivity index (χ0n) is 6.94. The van der Waals surface area contributed by atoms with Crippen LogP contribution in [0.2, 0.25) is 0 Å². The molecule has 12 heavy (non-hydrogen) atoms. The summed E-state index contributed by atoms with van der Waals surface area (Å²) in [6, 6.07) is 1.60. The van der Waals surface area contributed by atoms with Crippen molar-refractivity contribution in [1.82, 2.24) is 4.98 Å².